The molecule has 1 aliphatic heterocycles. The lowest BCUT2D eigenvalue weighted by Gasteiger charge is -2.10. The molecule has 104 valence electrons. The molecule has 2 heterocycles. The number of rotatable bonds is 2. The number of aromatic nitrogens is 1. The smallest absolute Gasteiger partial charge is 0.123 e. The van der Waals surface area contributed by atoms with Crippen molar-refractivity contribution in [2.75, 3.05) is 6.61 Å². The molecule has 0 saturated heterocycles. The summed E-state index contributed by atoms with van der Waals surface area (Å²) >= 11 is 0. The summed E-state index contributed by atoms with van der Waals surface area (Å²) in [5.41, 5.74) is 4.63. The lowest BCUT2D eigenvalue weighted by atomic mass is 10.0. The SMILES string of the molecule is CCc1cc2ccccc2c(-c2ccc3c(c2)OCC3)n1. The Balaban J connectivity index is 1.96. The second-order valence-corrected chi connectivity index (χ2v) is 5.46. The van der Waals surface area contributed by atoms with Crippen molar-refractivity contribution in [3.63, 3.8) is 0 Å². The second kappa shape index (κ2) is 4.88. The van der Waals surface area contributed by atoms with E-state index in [4.69, 9.17) is 9.72 Å². The third-order valence-electron chi connectivity index (χ3n) is 4.13. The van der Waals surface area contributed by atoms with Gasteiger partial charge in [-0.1, -0.05) is 43.3 Å². The molecule has 0 spiro atoms. The monoisotopic (exact) mass is 275 g/mol. The number of fused-ring (bicyclic) bond motifs is 2. The predicted octanol–water partition coefficient (Wildman–Crippen LogP) is 4.40. The van der Waals surface area contributed by atoms with Gasteiger partial charge in [0.2, 0.25) is 0 Å². The summed E-state index contributed by atoms with van der Waals surface area (Å²) in [5.74, 6) is 1.01. The van der Waals surface area contributed by atoms with Gasteiger partial charge in [0.1, 0.15) is 5.75 Å². The number of pyridine rings is 1. The highest BCUT2D eigenvalue weighted by atomic mass is 16.5. The topological polar surface area (TPSA) is 22.1 Å². The maximum atomic E-state index is 5.70. The van der Waals surface area contributed by atoms with E-state index in [1.807, 2.05) is 0 Å². The van der Waals surface area contributed by atoms with Crippen LogP contribution in [-0.4, -0.2) is 11.6 Å². The van der Waals surface area contributed by atoms with Crippen LogP contribution in [0.1, 0.15) is 18.2 Å². The number of aryl methyl sites for hydroxylation is 1. The molecule has 2 aromatic carbocycles. The zero-order valence-electron chi connectivity index (χ0n) is 12.1. The fraction of sp³-hybridized carbons (Fsp3) is 0.211. The predicted molar refractivity (Wildman–Crippen MR) is 85.8 cm³/mol. The summed E-state index contributed by atoms with van der Waals surface area (Å²) in [6.45, 7) is 2.94. The van der Waals surface area contributed by atoms with Crippen molar-refractivity contribution >= 4 is 10.8 Å². The normalized spacial score (nSPS) is 13.2. The van der Waals surface area contributed by atoms with E-state index in [-0.39, 0.29) is 0 Å². The maximum Gasteiger partial charge on any atom is 0.123 e. The Labute approximate surface area is 124 Å². The van der Waals surface area contributed by atoms with Crippen LogP contribution in [0, 0.1) is 0 Å². The van der Waals surface area contributed by atoms with Gasteiger partial charge in [-0.25, -0.2) is 0 Å². The van der Waals surface area contributed by atoms with E-state index in [1.165, 1.54) is 16.3 Å². The molecule has 0 amide bonds. The van der Waals surface area contributed by atoms with Crippen LogP contribution in [0.25, 0.3) is 22.0 Å². The highest BCUT2D eigenvalue weighted by Crippen LogP contribution is 2.33. The Kier molecular flexibility index (Phi) is 2.88. The van der Waals surface area contributed by atoms with Crippen molar-refractivity contribution < 1.29 is 4.74 Å². The Morgan fingerprint density at radius 2 is 2.00 bits per heavy atom. The van der Waals surface area contributed by atoms with Crippen LogP contribution >= 0.6 is 0 Å². The summed E-state index contributed by atoms with van der Waals surface area (Å²) in [4.78, 5) is 4.86. The first-order valence-corrected chi connectivity index (χ1v) is 7.50. The highest BCUT2D eigenvalue weighted by molar-refractivity contribution is 5.95. The summed E-state index contributed by atoms with van der Waals surface area (Å²) in [6.07, 6.45) is 1.96. The van der Waals surface area contributed by atoms with Crippen molar-refractivity contribution in [3.8, 4) is 17.0 Å². The zero-order chi connectivity index (χ0) is 14.2. The molecule has 1 aliphatic rings. The zero-order valence-corrected chi connectivity index (χ0v) is 12.1. The summed E-state index contributed by atoms with van der Waals surface area (Å²) in [7, 11) is 0. The Bertz CT molecular complexity index is 823. The van der Waals surface area contributed by atoms with Gasteiger partial charge in [-0.2, -0.15) is 0 Å². The first-order valence-electron chi connectivity index (χ1n) is 7.50. The highest BCUT2D eigenvalue weighted by Gasteiger charge is 2.14. The molecule has 2 heteroatoms. The number of ether oxygens (including phenoxy) is 1. The molecule has 2 nitrogen and oxygen atoms in total. The van der Waals surface area contributed by atoms with Gasteiger partial charge in [-0.15, -0.1) is 0 Å². The van der Waals surface area contributed by atoms with Gasteiger partial charge in [0, 0.05) is 23.1 Å². The van der Waals surface area contributed by atoms with Crippen LogP contribution in [0.15, 0.2) is 48.5 Å². The number of hydrogen-bond acceptors (Lipinski definition) is 2. The molecule has 0 fully saturated rings. The largest absolute Gasteiger partial charge is 0.493 e. The molecular weight excluding hydrogens is 258 g/mol. The van der Waals surface area contributed by atoms with Crippen LogP contribution in [0.4, 0.5) is 0 Å². The van der Waals surface area contributed by atoms with Gasteiger partial charge in [0.25, 0.3) is 0 Å². The van der Waals surface area contributed by atoms with E-state index in [0.29, 0.717) is 0 Å². The third kappa shape index (κ3) is 2.07. The van der Waals surface area contributed by atoms with Gasteiger partial charge in [-0.3, -0.25) is 4.98 Å². The van der Waals surface area contributed by atoms with Crippen molar-refractivity contribution in [1.82, 2.24) is 4.98 Å². The molecular formula is C19H17NO. The van der Waals surface area contributed by atoms with Crippen LogP contribution in [0.3, 0.4) is 0 Å². The van der Waals surface area contributed by atoms with E-state index in [9.17, 15) is 0 Å². The Hall–Kier alpha value is -2.35. The average molecular weight is 275 g/mol. The standard InChI is InChI=1S/C19H17NO/c1-2-16-11-14-5-3-4-6-17(14)19(20-16)15-8-7-13-9-10-21-18(13)12-15/h3-8,11-12H,2,9-10H2,1H3. The van der Waals surface area contributed by atoms with E-state index in [0.717, 1.165) is 42.1 Å². The number of benzene rings is 2. The van der Waals surface area contributed by atoms with Crippen LogP contribution in [0.5, 0.6) is 5.75 Å². The van der Waals surface area contributed by atoms with Crippen molar-refractivity contribution in [1.29, 1.82) is 0 Å². The molecule has 0 radical (unpaired) electrons. The van der Waals surface area contributed by atoms with E-state index < -0.39 is 0 Å². The number of hydrogen-bond donors (Lipinski definition) is 0. The Morgan fingerprint density at radius 1 is 1.10 bits per heavy atom. The van der Waals surface area contributed by atoms with Gasteiger partial charge in [0.15, 0.2) is 0 Å². The maximum absolute atomic E-state index is 5.70. The molecule has 0 N–H and O–H groups in total. The molecule has 1 aromatic heterocycles. The molecule has 0 unspecified atom stereocenters. The molecule has 0 saturated carbocycles. The number of nitrogens with zero attached hydrogens (tertiary/aromatic N) is 1. The van der Waals surface area contributed by atoms with Crippen LogP contribution in [-0.2, 0) is 12.8 Å². The van der Waals surface area contributed by atoms with Gasteiger partial charge < -0.3 is 4.74 Å². The van der Waals surface area contributed by atoms with Crippen molar-refractivity contribution in [3.05, 3.63) is 59.8 Å². The Morgan fingerprint density at radius 3 is 2.90 bits per heavy atom. The summed E-state index contributed by atoms with van der Waals surface area (Å²) in [6, 6.07) is 17.1. The lowest BCUT2D eigenvalue weighted by Crippen LogP contribution is -1.93. The van der Waals surface area contributed by atoms with Gasteiger partial charge in [-0.05, 0) is 29.5 Å². The van der Waals surface area contributed by atoms with Crippen LogP contribution < -0.4 is 4.74 Å². The minimum absolute atomic E-state index is 0.794. The lowest BCUT2D eigenvalue weighted by molar-refractivity contribution is 0.357. The molecule has 4 rings (SSSR count). The van der Waals surface area contributed by atoms with Gasteiger partial charge >= 0.3 is 0 Å². The van der Waals surface area contributed by atoms with Crippen molar-refractivity contribution in [2.24, 2.45) is 0 Å². The fourth-order valence-corrected chi connectivity index (χ4v) is 2.97. The molecule has 0 bridgehead atoms. The molecule has 0 atom stereocenters. The van der Waals surface area contributed by atoms with E-state index in [2.05, 4.69) is 55.5 Å². The van der Waals surface area contributed by atoms with Crippen molar-refractivity contribution in [2.45, 2.75) is 19.8 Å². The minimum Gasteiger partial charge on any atom is -0.493 e. The van der Waals surface area contributed by atoms with E-state index in [1.54, 1.807) is 0 Å². The van der Waals surface area contributed by atoms with E-state index >= 15 is 0 Å². The second-order valence-electron chi connectivity index (χ2n) is 5.46. The molecule has 21 heavy (non-hydrogen) atoms. The van der Waals surface area contributed by atoms with Crippen LogP contribution in [0.2, 0.25) is 0 Å². The quantitative estimate of drug-likeness (QED) is 0.691. The average Bonchev–Trinajstić information content (AvgIpc) is 3.01. The van der Waals surface area contributed by atoms with Gasteiger partial charge in [0.05, 0.1) is 12.3 Å². The molecule has 0 aliphatic carbocycles. The summed E-state index contributed by atoms with van der Waals surface area (Å²) in [5, 5.41) is 2.45. The fourth-order valence-electron chi connectivity index (χ4n) is 2.97. The molecule has 3 aromatic rings. The minimum atomic E-state index is 0.794. The first-order chi connectivity index (χ1) is 10.3. The first kappa shape index (κ1) is 12.4. The third-order valence-corrected chi connectivity index (χ3v) is 4.13. The summed E-state index contributed by atoms with van der Waals surface area (Å²) < 4.78 is 5.70.